The first-order valence-corrected chi connectivity index (χ1v) is 16.1. The number of halogens is 1. The summed E-state index contributed by atoms with van der Waals surface area (Å²) in [5, 5.41) is 5.62. The van der Waals surface area contributed by atoms with E-state index in [1.807, 2.05) is 61.9 Å². The first-order valence-electron chi connectivity index (χ1n) is 13.2. The number of benzene rings is 3. The predicted octanol–water partition coefficient (Wildman–Crippen LogP) is 9.75. The number of nitrogens with zero attached hydrogens (tertiary/aromatic N) is 2. The van der Waals surface area contributed by atoms with Crippen LogP contribution in [0.1, 0.15) is 28.1 Å². The lowest BCUT2D eigenvalue weighted by Crippen LogP contribution is -2.34. The zero-order valence-electron chi connectivity index (χ0n) is 23.7. The highest BCUT2D eigenvalue weighted by atomic mass is 35.5. The highest BCUT2D eigenvalue weighted by molar-refractivity contribution is 7.99. The van der Waals surface area contributed by atoms with E-state index in [9.17, 15) is 4.79 Å². The van der Waals surface area contributed by atoms with E-state index in [0.29, 0.717) is 11.6 Å². The number of aromatic nitrogens is 1. The smallest absolute Gasteiger partial charge is 0.322 e. The zero-order chi connectivity index (χ0) is 29.1. The fourth-order valence-corrected chi connectivity index (χ4v) is 6.38. The first-order chi connectivity index (χ1) is 19.7. The van der Waals surface area contributed by atoms with Gasteiger partial charge >= 0.3 is 6.03 Å². The standard InChI is InChI=1S/C33H32ClN3O2S2/c1-20-9-12-24(13-10-20)30-26-15-21(2)11-14-27(26)39-28(30)19-37(18-23-7-6-8-25(34)17-23)33(38)36-31-29(40-4)16-22(3)35-32(31)41-5/h6-17H,18-19H2,1-5H3,(H,36,38). The molecule has 210 valence electrons. The average Bonchev–Trinajstić information content (AvgIpc) is 3.30. The Morgan fingerprint density at radius 1 is 0.927 bits per heavy atom. The van der Waals surface area contributed by atoms with Crippen molar-refractivity contribution in [1.82, 2.24) is 9.88 Å². The Morgan fingerprint density at radius 3 is 2.39 bits per heavy atom. The van der Waals surface area contributed by atoms with Crippen LogP contribution < -0.4 is 5.32 Å². The Kier molecular flexibility index (Phi) is 8.97. The second-order valence-corrected chi connectivity index (χ2v) is 12.1. The minimum Gasteiger partial charge on any atom is -0.459 e. The molecule has 5 aromatic rings. The molecule has 0 atom stereocenters. The number of hydrogen-bond acceptors (Lipinski definition) is 5. The van der Waals surface area contributed by atoms with Crippen molar-refractivity contribution in [2.75, 3.05) is 17.8 Å². The van der Waals surface area contributed by atoms with Gasteiger partial charge in [0.05, 0.1) is 12.2 Å². The van der Waals surface area contributed by atoms with Gasteiger partial charge in [0.15, 0.2) is 0 Å². The summed E-state index contributed by atoms with van der Waals surface area (Å²) in [7, 11) is 0. The monoisotopic (exact) mass is 601 g/mol. The van der Waals surface area contributed by atoms with Crippen LogP contribution in [0.15, 0.2) is 87.1 Å². The van der Waals surface area contributed by atoms with Crippen LogP contribution in [0.2, 0.25) is 5.02 Å². The molecule has 8 heteroatoms. The van der Waals surface area contributed by atoms with E-state index in [0.717, 1.165) is 60.3 Å². The van der Waals surface area contributed by atoms with Gasteiger partial charge in [-0.3, -0.25) is 0 Å². The highest BCUT2D eigenvalue weighted by Crippen LogP contribution is 2.38. The number of nitrogens with one attached hydrogen (secondary N) is 1. The fourth-order valence-electron chi connectivity index (χ4n) is 4.86. The number of carbonyl (C=O) groups is 1. The van der Waals surface area contributed by atoms with E-state index < -0.39 is 0 Å². The number of pyridine rings is 1. The molecule has 3 aromatic carbocycles. The largest absolute Gasteiger partial charge is 0.459 e. The number of amides is 2. The molecule has 1 N–H and O–H groups in total. The third kappa shape index (κ3) is 6.58. The van der Waals surface area contributed by atoms with E-state index in [4.69, 9.17) is 16.0 Å². The van der Waals surface area contributed by atoms with Crippen molar-refractivity contribution in [3.05, 3.63) is 106 Å². The number of urea groups is 1. The normalized spacial score (nSPS) is 11.2. The lowest BCUT2D eigenvalue weighted by molar-refractivity contribution is 0.202. The molecule has 2 amide bonds. The Balaban J connectivity index is 1.59. The number of rotatable bonds is 8. The molecule has 0 aliphatic rings. The lowest BCUT2D eigenvalue weighted by Gasteiger charge is -2.24. The Labute approximate surface area is 254 Å². The number of carbonyl (C=O) groups excluding carboxylic acids is 1. The molecule has 5 nitrogen and oxygen atoms in total. The molecule has 0 unspecified atom stereocenters. The molecule has 0 fully saturated rings. The summed E-state index contributed by atoms with van der Waals surface area (Å²) in [6, 6.07) is 24.0. The molecule has 2 heterocycles. The van der Waals surface area contributed by atoms with Gasteiger partial charge in [0.2, 0.25) is 0 Å². The topological polar surface area (TPSA) is 58.4 Å². The van der Waals surface area contributed by atoms with E-state index in [1.165, 1.54) is 17.3 Å². The van der Waals surface area contributed by atoms with Crippen LogP contribution in [-0.4, -0.2) is 28.4 Å². The van der Waals surface area contributed by atoms with Gasteiger partial charge in [-0.2, -0.15) is 0 Å². The van der Waals surface area contributed by atoms with Gasteiger partial charge < -0.3 is 14.6 Å². The number of furan rings is 1. The lowest BCUT2D eigenvalue weighted by atomic mass is 9.99. The molecule has 0 saturated carbocycles. The van der Waals surface area contributed by atoms with Crippen LogP contribution in [0.25, 0.3) is 22.1 Å². The summed E-state index contributed by atoms with van der Waals surface area (Å²) in [6.07, 6.45) is 3.97. The number of thioether (sulfide) groups is 2. The maximum Gasteiger partial charge on any atom is 0.322 e. The van der Waals surface area contributed by atoms with Crippen molar-refractivity contribution in [2.24, 2.45) is 0 Å². The molecular formula is C33H32ClN3O2S2. The fraction of sp³-hybridized carbons (Fsp3) is 0.212. The quantitative estimate of drug-likeness (QED) is 0.179. The molecule has 0 aliphatic carbocycles. The zero-order valence-corrected chi connectivity index (χ0v) is 26.1. The summed E-state index contributed by atoms with van der Waals surface area (Å²) < 4.78 is 6.47. The molecule has 0 spiro atoms. The number of hydrogen-bond donors (Lipinski definition) is 1. The number of anilines is 1. The third-order valence-electron chi connectivity index (χ3n) is 6.86. The summed E-state index contributed by atoms with van der Waals surface area (Å²) in [4.78, 5) is 21.5. The van der Waals surface area contributed by atoms with Crippen LogP contribution in [0.5, 0.6) is 0 Å². The molecule has 2 aromatic heterocycles. The molecule has 0 saturated heterocycles. The van der Waals surface area contributed by atoms with Crippen molar-refractivity contribution in [3.63, 3.8) is 0 Å². The summed E-state index contributed by atoms with van der Waals surface area (Å²) in [6.45, 7) is 6.72. The molecule has 0 aliphatic heterocycles. The number of fused-ring (bicyclic) bond motifs is 1. The summed E-state index contributed by atoms with van der Waals surface area (Å²) in [5.74, 6) is 0.726. The van der Waals surface area contributed by atoms with Crippen LogP contribution in [0.4, 0.5) is 10.5 Å². The molecule has 0 bridgehead atoms. The van der Waals surface area contributed by atoms with Crippen LogP contribution in [-0.2, 0) is 13.1 Å². The first kappa shape index (κ1) is 29.1. The SMILES string of the molecule is CSc1cc(C)nc(SC)c1NC(=O)N(Cc1cccc(Cl)c1)Cc1oc2ccc(C)cc2c1-c1ccc(C)cc1. The number of aryl methyl sites for hydroxylation is 3. The Hall–Kier alpha value is -3.39. The van der Waals surface area contributed by atoms with Crippen molar-refractivity contribution in [1.29, 1.82) is 0 Å². The van der Waals surface area contributed by atoms with Gasteiger partial charge in [0.1, 0.15) is 16.4 Å². The minimum absolute atomic E-state index is 0.243. The van der Waals surface area contributed by atoms with Crippen LogP contribution in [0, 0.1) is 20.8 Å². The van der Waals surface area contributed by atoms with Crippen molar-refractivity contribution in [3.8, 4) is 11.1 Å². The molecule has 0 radical (unpaired) electrons. The van der Waals surface area contributed by atoms with Gasteiger partial charge in [-0.05, 0) is 74.7 Å². The van der Waals surface area contributed by atoms with Gasteiger partial charge in [0.25, 0.3) is 0 Å². The van der Waals surface area contributed by atoms with Crippen molar-refractivity contribution < 1.29 is 9.21 Å². The second kappa shape index (κ2) is 12.6. The third-order valence-corrected chi connectivity index (χ3v) is 8.54. The maximum atomic E-state index is 14.1. The molecule has 5 rings (SSSR count). The summed E-state index contributed by atoms with van der Waals surface area (Å²) in [5.41, 5.74) is 7.72. The Bertz CT molecular complexity index is 1690. The van der Waals surface area contributed by atoms with Gasteiger partial charge in [0, 0.05) is 33.1 Å². The molecule has 41 heavy (non-hydrogen) atoms. The van der Waals surface area contributed by atoms with Crippen molar-refractivity contribution >= 4 is 57.8 Å². The van der Waals surface area contributed by atoms with E-state index >= 15 is 0 Å². The van der Waals surface area contributed by atoms with Gasteiger partial charge in [-0.15, -0.1) is 23.5 Å². The predicted molar refractivity (Wildman–Crippen MR) is 173 cm³/mol. The van der Waals surface area contributed by atoms with E-state index in [-0.39, 0.29) is 12.6 Å². The van der Waals surface area contributed by atoms with E-state index in [2.05, 4.69) is 54.5 Å². The van der Waals surface area contributed by atoms with Crippen LogP contribution in [0.3, 0.4) is 0 Å². The second-order valence-electron chi connectivity index (χ2n) is 10.0. The maximum absolute atomic E-state index is 14.1. The summed E-state index contributed by atoms with van der Waals surface area (Å²) >= 11 is 9.43. The average molecular weight is 602 g/mol. The Morgan fingerprint density at radius 2 is 1.68 bits per heavy atom. The molecular weight excluding hydrogens is 570 g/mol. The van der Waals surface area contributed by atoms with Gasteiger partial charge in [-0.1, -0.05) is 65.2 Å². The minimum atomic E-state index is -0.243. The van der Waals surface area contributed by atoms with Crippen LogP contribution >= 0.6 is 35.1 Å². The van der Waals surface area contributed by atoms with Gasteiger partial charge in [-0.25, -0.2) is 9.78 Å². The van der Waals surface area contributed by atoms with E-state index in [1.54, 1.807) is 16.7 Å². The highest BCUT2D eigenvalue weighted by Gasteiger charge is 2.24. The van der Waals surface area contributed by atoms with Crippen molar-refractivity contribution in [2.45, 2.75) is 43.8 Å².